The fourth-order valence-electron chi connectivity index (χ4n) is 1.78. The normalized spacial score (nSPS) is 12.5. The van der Waals surface area contributed by atoms with Crippen LogP contribution in [0.25, 0.3) is 0 Å². The number of methoxy groups -OCH3 is 1. The van der Waals surface area contributed by atoms with Gasteiger partial charge in [0.1, 0.15) is 5.75 Å². The number of thiophene rings is 1. The quantitative estimate of drug-likeness (QED) is 0.933. The van der Waals surface area contributed by atoms with Crippen LogP contribution in [0.5, 0.6) is 5.75 Å². The molecule has 90 valence electrons. The number of hydrogen-bond donors (Lipinski definition) is 1. The summed E-state index contributed by atoms with van der Waals surface area (Å²) in [6.45, 7) is 2.08. The average Bonchev–Trinajstić information content (AvgIpc) is 2.67. The molecule has 2 N–H and O–H groups in total. The predicted molar refractivity (Wildman–Crippen MR) is 75.8 cm³/mol. The molecule has 2 aromatic rings. The molecule has 1 aromatic carbocycles. The molecule has 0 spiro atoms. The molecular weight excluding hydrogens is 298 g/mol. The van der Waals surface area contributed by atoms with Crippen LogP contribution in [0, 0.1) is 6.92 Å². The van der Waals surface area contributed by atoms with Crippen molar-refractivity contribution >= 4 is 27.3 Å². The number of para-hydroxylation sites is 1. The van der Waals surface area contributed by atoms with Crippen LogP contribution in [0.1, 0.15) is 21.4 Å². The van der Waals surface area contributed by atoms with Crippen LogP contribution in [0.3, 0.4) is 0 Å². The Bertz CT molecular complexity index is 524. The van der Waals surface area contributed by atoms with Crippen LogP contribution in [0.15, 0.2) is 34.8 Å². The zero-order chi connectivity index (χ0) is 12.4. The van der Waals surface area contributed by atoms with Crippen LogP contribution >= 0.6 is 27.3 Å². The molecule has 0 fully saturated rings. The number of halogens is 1. The van der Waals surface area contributed by atoms with E-state index in [4.69, 9.17) is 10.5 Å². The molecule has 0 saturated carbocycles. The summed E-state index contributed by atoms with van der Waals surface area (Å²) in [5.41, 5.74) is 7.32. The van der Waals surface area contributed by atoms with E-state index in [-0.39, 0.29) is 6.04 Å². The Labute approximate surface area is 114 Å². The molecule has 0 amide bonds. The topological polar surface area (TPSA) is 35.2 Å². The van der Waals surface area contributed by atoms with Crippen molar-refractivity contribution in [1.29, 1.82) is 0 Å². The van der Waals surface area contributed by atoms with Crippen LogP contribution in [0.2, 0.25) is 0 Å². The van der Waals surface area contributed by atoms with E-state index >= 15 is 0 Å². The Balaban J connectivity index is 2.43. The van der Waals surface area contributed by atoms with Crippen molar-refractivity contribution in [2.24, 2.45) is 5.73 Å². The molecule has 17 heavy (non-hydrogen) atoms. The monoisotopic (exact) mass is 311 g/mol. The molecule has 1 unspecified atom stereocenters. The number of benzene rings is 1. The first-order chi connectivity index (χ1) is 8.13. The SMILES string of the molecule is COc1ccccc1C(N)c1sc(C)cc1Br. The lowest BCUT2D eigenvalue weighted by Crippen LogP contribution is -2.12. The summed E-state index contributed by atoms with van der Waals surface area (Å²) in [6, 6.07) is 9.80. The summed E-state index contributed by atoms with van der Waals surface area (Å²) in [7, 11) is 1.67. The summed E-state index contributed by atoms with van der Waals surface area (Å²) in [5, 5.41) is 0. The van der Waals surface area contributed by atoms with Crippen molar-refractivity contribution in [3.8, 4) is 5.75 Å². The van der Waals surface area contributed by atoms with Crippen molar-refractivity contribution < 1.29 is 4.74 Å². The number of aryl methyl sites for hydroxylation is 1. The molecule has 0 radical (unpaired) electrons. The van der Waals surface area contributed by atoms with Crippen molar-refractivity contribution in [2.45, 2.75) is 13.0 Å². The molecule has 1 atom stereocenters. The Morgan fingerprint density at radius 3 is 2.65 bits per heavy atom. The lowest BCUT2D eigenvalue weighted by molar-refractivity contribution is 0.408. The van der Waals surface area contributed by atoms with Crippen LogP contribution in [0.4, 0.5) is 0 Å². The third kappa shape index (κ3) is 2.54. The summed E-state index contributed by atoms with van der Waals surface area (Å²) in [4.78, 5) is 2.38. The summed E-state index contributed by atoms with van der Waals surface area (Å²) >= 11 is 5.26. The highest BCUT2D eigenvalue weighted by molar-refractivity contribution is 9.10. The molecule has 1 aromatic heterocycles. The van der Waals surface area contributed by atoms with Crippen LogP contribution in [-0.2, 0) is 0 Å². The third-order valence-electron chi connectivity index (χ3n) is 2.59. The Morgan fingerprint density at radius 2 is 2.06 bits per heavy atom. The largest absolute Gasteiger partial charge is 0.496 e. The molecule has 0 bridgehead atoms. The first-order valence-electron chi connectivity index (χ1n) is 5.27. The van der Waals surface area contributed by atoms with Crippen LogP contribution in [-0.4, -0.2) is 7.11 Å². The maximum absolute atomic E-state index is 6.31. The summed E-state index contributed by atoms with van der Waals surface area (Å²) < 4.78 is 6.41. The van der Waals surface area contributed by atoms with Gasteiger partial charge >= 0.3 is 0 Å². The van der Waals surface area contributed by atoms with Crippen molar-refractivity contribution in [3.63, 3.8) is 0 Å². The van der Waals surface area contributed by atoms with E-state index < -0.39 is 0 Å². The van der Waals surface area contributed by atoms with Crippen LogP contribution < -0.4 is 10.5 Å². The minimum atomic E-state index is -0.153. The maximum Gasteiger partial charge on any atom is 0.124 e. The van der Waals surface area contributed by atoms with E-state index in [0.29, 0.717) is 0 Å². The van der Waals surface area contributed by atoms with Gasteiger partial charge in [0.05, 0.1) is 13.2 Å². The van der Waals surface area contributed by atoms with Crippen molar-refractivity contribution in [3.05, 3.63) is 50.1 Å². The molecular formula is C13H14BrNOS. The van der Waals surface area contributed by atoms with Gasteiger partial charge in [-0.05, 0) is 35.0 Å². The highest BCUT2D eigenvalue weighted by Gasteiger charge is 2.18. The zero-order valence-electron chi connectivity index (χ0n) is 9.74. The van der Waals surface area contributed by atoms with Gasteiger partial charge in [0.2, 0.25) is 0 Å². The fraction of sp³-hybridized carbons (Fsp3) is 0.231. The van der Waals surface area contributed by atoms with E-state index in [0.717, 1.165) is 20.7 Å². The highest BCUT2D eigenvalue weighted by Crippen LogP contribution is 2.36. The second-order valence-corrected chi connectivity index (χ2v) is 5.93. The maximum atomic E-state index is 6.31. The Morgan fingerprint density at radius 1 is 1.35 bits per heavy atom. The average molecular weight is 312 g/mol. The van der Waals surface area contributed by atoms with Gasteiger partial charge in [0, 0.05) is 19.8 Å². The minimum Gasteiger partial charge on any atom is -0.496 e. The van der Waals surface area contributed by atoms with E-state index in [2.05, 4.69) is 28.9 Å². The Kier molecular flexibility index (Phi) is 3.86. The third-order valence-corrected chi connectivity index (χ3v) is 4.64. The molecule has 0 aliphatic rings. The first-order valence-corrected chi connectivity index (χ1v) is 6.88. The molecule has 4 heteroatoms. The van der Waals surface area contributed by atoms with Gasteiger partial charge in [-0.25, -0.2) is 0 Å². The second kappa shape index (κ2) is 5.21. The number of ether oxygens (including phenoxy) is 1. The van der Waals surface area contributed by atoms with Gasteiger partial charge in [-0.2, -0.15) is 0 Å². The van der Waals surface area contributed by atoms with E-state index in [1.54, 1.807) is 18.4 Å². The first kappa shape index (κ1) is 12.6. The second-order valence-electron chi connectivity index (χ2n) is 3.79. The molecule has 1 heterocycles. The van der Waals surface area contributed by atoms with Gasteiger partial charge in [0.25, 0.3) is 0 Å². The van der Waals surface area contributed by atoms with Gasteiger partial charge in [-0.1, -0.05) is 18.2 Å². The lowest BCUT2D eigenvalue weighted by Gasteiger charge is -2.14. The fourth-order valence-corrected chi connectivity index (χ4v) is 3.70. The number of nitrogens with two attached hydrogens (primary N) is 1. The molecule has 2 nitrogen and oxygen atoms in total. The smallest absolute Gasteiger partial charge is 0.124 e. The van der Waals surface area contributed by atoms with E-state index in [1.165, 1.54) is 4.88 Å². The zero-order valence-corrected chi connectivity index (χ0v) is 12.1. The van der Waals surface area contributed by atoms with Crippen molar-refractivity contribution in [1.82, 2.24) is 0 Å². The predicted octanol–water partition coefficient (Wildman–Crippen LogP) is 3.88. The molecule has 0 aliphatic heterocycles. The van der Waals surface area contributed by atoms with Gasteiger partial charge < -0.3 is 10.5 Å². The minimum absolute atomic E-state index is 0.153. The summed E-state index contributed by atoms with van der Waals surface area (Å²) in [6.07, 6.45) is 0. The molecule has 0 aliphatic carbocycles. The lowest BCUT2D eigenvalue weighted by atomic mass is 10.1. The van der Waals surface area contributed by atoms with Gasteiger partial charge in [-0.3, -0.25) is 0 Å². The van der Waals surface area contributed by atoms with Gasteiger partial charge in [0.15, 0.2) is 0 Å². The van der Waals surface area contributed by atoms with E-state index in [1.807, 2.05) is 24.3 Å². The number of hydrogen-bond acceptors (Lipinski definition) is 3. The summed E-state index contributed by atoms with van der Waals surface area (Å²) in [5.74, 6) is 0.831. The molecule has 0 saturated heterocycles. The molecule has 2 rings (SSSR count). The van der Waals surface area contributed by atoms with Crippen molar-refractivity contribution in [2.75, 3.05) is 7.11 Å². The standard InChI is InChI=1S/C13H14BrNOS/c1-8-7-10(14)13(17-8)12(15)9-5-3-4-6-11(9)16-2/h3-7,12H,15H2,1-2H3. The van der Waals surface area contributed by atoms with Gasteiger partial charge in [-0.15, -0.1) is 11.3 Å². The number of rotatable bonds is 3. The van der Waals surface area contributed by atoms with E-state index in [9.17, 15) is 0 Å². The Hall–Kier alpha value is -0.840. The highest BCUT2D eigenvalue weighted by atomic mass is 79.9.